The summed E-state index contributed by atoms with van der Waals surface area (Å²) in [7, 11) is 1.88. The van der Waals surface area contributed by atoms with Gasteiger partial charge in [0.05, 0.1) is 17.8 Å². The number of aromatic nitrogens is 1. The van der Waals surface area contributed by atoms with Crippen molar-refractivity contribution in [2.45, 2.75) is 17.1 Å². The molecule has 7 heteroatoms. The molecule has 1 N–H and O–H groups in total. The maximum atomic E-state index is 13.7. The Balaban J connectivity index is 2.00. The summed E-state index contributed by atoms with van der Waals surface area (Å²) < 4.78 is 44.6. The number of rotatable bonds is 7. The van der Waals surface area contributed by atoms with Crippen LogP contribution in [0.1, 0.15) is 11.3 Å². The molecule has 0 unspecified atom stereocenters. The maximum absolute atomic E-state index is 13.7. The van der Waals surface area contributed by atoms with Crippen LogP contribution in [0.4, 0.5) is 4.39 Å². The van der Waals surface area contributed by atoms with E-state index in [9.17, 15) is 12.8 Å². The highest BCUT2D eigenvalue weighted by Crippen LogP contribution is 2.28. The third kappa shape index (κ3) is 4.31. The summed E-state index contributed by atoms with van der Waals surface area (Å²) in [4.78, 5) is 5.42. The fourth-order valence-corrected chi connectivity index (χ4v) is 4.42. The molecular weight excluding hydrogens is 367 g/mol. The standard InChI is InChI=1S/C20H23FN2O3S/c1-23(2)11-10-17-18-12-14(21)4-9-19(18)22-20(17)13-27(24,25)16-7-5-15(26-3)6-8-16/h4-9,12,22H,10-11,13H2,1-3H3. The van der Waals surface area contributed by atoms with Gasteiger partial charge < -0.3 is 14.6 Å². The van der Waals surface area contributed by atoms with Gasteiger partial charge in [0.2, 0.25) is 0 Å². The van der Waals surface area contributed by atoms with Crippen LogP contribution >= 0.6 is 0 Å². The summed E-state index contributed by atoms with van der Waals surface area (Å²) in [6, 6.07) is 10.8. The van der Waals surface area contributed by atoms with Crippen molar-refractivity contribution in [2.24, 2.45) is 0 Å². The van der Waals surface area contributed by atoms with E-state index in [1.54, 1.807) is 18.2 Å². The van der Waals surface area contributed by atoms with E-state index < -0.39 is 9.84 Å². The van der Waals surface area contributed by atoms with E-state index in [4.69, 9.17) is 4.74 Å². The molecule has 1 heterocycles. The Morgan fingerprint density at radius 2 is 1.81 bits per heavy atom. The van der Waals surface area contributed by atoms with Gasteiger partial charge in [-0.3, -0.25) is 0 Å². The van der Waals surface area contributed by atoms with E-state index in [1.807, 2.05) is 19.0 Å². The lowest BCUT2D eigenvalue weighted by Gasteiger charge is -2.11. The fraction of sp³-hybridized carbons (Fsp3) is 0.300. The van der Waals surface area contributed by atoms with Gasteiger partial charge in [-0.1, -0.05) is 0 Å². The van der Waals surface area contributed by atoms with Crippen molar-refractivity contribution in [1.29, 1.82) is 0 Å². The summed E-state index contributed by atoms with van der Waals surface area (Å²) in [5.74, 6) is 0.0946. The zero-order valence-electron chi connectivity index (χ0n) is 15.6. The summed E-state index contributed by atoms with van der Waals surface area (Å²) in [6.07, 6.45) is 0.629. The summed E-state index contributed by atoms with van der Waals surface area (Å²) >= 11 is 0. The third-order valence-electron chi connectivity index (χ3n) is 4.52. The molecule has 0 atom stereocenters. The van der Waals surface area contributed by atoms with Crippen LogP contribution in [-0.4, -0.2) is 46.1 Å². The molecule has 0 saturated carbocycles. The van der Waals surface area contributed by atoms with Crippen LogP contribution in [0.25, 0.3) is 10.9 Å². The molecule has 27 heavy (non-hydrogen) atoms. The van der Waals surface area contributed by atoms with Gasteiger partial charge in [-0.2, -0.15) is 0 Å². The highest BCUT2D eigenvalue weighted by atomic mass is 32.2. The Labute approximate surface area is 158 Å². The molecule has 0 aliphatic rings. The number of halogens is 1. The summed E-state index contributed by atoms with van der Waals surface area (Å²) in [5.41, 5.74) is 2.19. The zero-order chi connectivity index (χ0) is 19.6. The number of likely N-dealkylation sites (N-methyl/N-ethyl adjacent to an activating group) is 1. The first-order valence-corrected chi connectivity index (χ1v) is 10.3. The lowest BCUT2D eigenvalue weighted by molar-refractivity contribution is 0.414. The van der Waals surface area contributed by atoms with Crippen molar-refractivity contribution < 1.29 is 17.5 Å². The molecule has 0 saturated heterocycles. The van der Waals surface area contributed by atoms with E-state index in [0.29, 0.717) is 17.9 Å². The van der Waals surface area contributed by atoms with Crippen LogP contribution in [0.5, 0.6) is 5.75 Å². The molecule has 144 valence electrons. The molecule has 5 nitrogen and oxygen atoms in total. The highest BCUT2D eigenvalue weighted by Gasteiger charge is 2.21. The third-order valence-corrected chi connectivity index (χ3v) is 6.18. The van der Waals surface area contributed by atoms with Crippen molar-refractivity contribution >= 4 is 20.7 Å². The number of benzene rings is 2. The van der Waals surface area contributed by atoms with Gasteiger partial charge in [0.15, 0.2) is 9.84 Å². The predicted octanol–water partition coefficient (Wildman–Crippen LogP) is 3.39. The number of hydrogen-bond donors (Lipinski definition) is 1. The van der Waals surface area contributed by atoms with Gasteiger partial charge in [0.1, 0.15) is 11.6 Å². The normalized spacial score (nSPS) is 12.0. The molecule has 0 aliphatic heterocycles. The lowest BCUT2D eigenvalue weighted by atomic mass is 10.1. The first kappa shape index (κ1) is 19.4. The van der Waals surface area contributed by atoms with Crippen LogP contribution < -0.4 is 4.74 Å². The quantitative estimate of drug-likeness (QED) is 0.672. The minimum Gasteiger partial charge on any atom is -0.497 e. The molecule has 0 bridgehead atoms. The predicted molar refractivity (Wildman–Crippen MR) is 104 cm³/mol. The van der Waals surface area contributed by atoms with Crippen LogP contribution in [-0.2, 0) is 22.0 Å². The van der Waals surface area contributed by atoms with Crippen molar-refractivity contribution in [1.82, 2.24) is 9.88 Å². The number of H-pyrrole nitrogens is 1. The van der Waals surface area contributed by atoms with Gasteiger partial charge in [-0.15, -0.1) is 0 Å². The smallest absolute Gasteiger partial charge is 0.183 e. The summed E-state index contributed by atoms with van der Waals surface area (Å²) in [6.45, 7) is 0.735. The van der Waals surface area contributed by atoms with Crippen LogP contribution in [0.3, 0.4) is 0 Å². The van der Waals surface area contributed by atoms with E-state index in [1.165, 1.54) is 31.4 Å². The molecule has 0 radical (unpaired) electrons. The van der Waals surface area contributed by atoms with E-state index >= 15 is 0 Å². The van der Waals surface area contributed by atoms with Gasteiger partial charge in [0.25, 0.3) is 0 Å². The largest absolute Gasteiger partial charge is 0.497 e. The number of fused-ring (bicyclic) bond motifs is 1. The Morgan fingerprint density at radius 3 is 2.44 bits per heavy atom. The minimum atomic E-state index is -3.55. The molecule has 3 aromatic rings. The SMILES string of the molecule is COc1ccc(S(=O)(=O)Cc2[nH]c3ccc(F)cc3c2CCN(C)C)cc1. The Bertz CT molecular complexity index is 1040. The van der Waals surface area contributed by atoms with E-state index in [0.717, 1.165) is 23.0 Å². The molecule has 2 aromatic carbocycles. The number of hydrogen-bond acceptors (Lipinski definition) is 4. The maximum Gasteiger partial charge on any atom is 0.183 e. The first-order valence-electron chi connectivity index (χ1n) is 8.60. The average Bonchev–Trinajstić information content (AvgIpc) is 2.95. The van der Waals surface area contributed by atoms with Crippen LogP contribution in [0.2, 0.25) is 0 Å². The number of methoxy groups -OCH3 is 1. The summed E-state index contributed by atoms with van der Waals surface area (Å²) in [5, 5.41) is 0.733. The molecular formula is C20H23FN2O3S. The monoisotopic (exact) mass is 390 g/mol. The van der Waals surface area contributed by atoms with Crippen molar-refractivity contribution in [3.8, 4) is 5.75 Å². The minimum absolute atomic E-state index is 0.168. The fourth-order valence-electron chi connectivity index (χ4n) is 3.08. The van der Waals surface area contributed by atoms with Crippen molar-refractivity contribution in [2.75, 3.05) is 27.7 Å². The second kappa shape index (κ2) is 7.70. The van der Waals surface area contributed by atoms with Gasteiger partial charge in [0, 0.05) is 23.1 Å². The Morgan fingerprint density at radius 1 is 1.11 bits per heavy atom. The highest BCUT2D eigenvalue weighted by molar-refractivity contribution is 7.90. The molecule has 0 spiro atoms. The van der Waals surface area contributed by atoms with E-state index in [2.05, 4.69) is 4.98 Å². The van der Waals surface area contributed by atoms with Gasteiger partial charge in [-0.25, -0.2) is 12.8 Å². The van der Waals surface area contributed by atoms with Gasteiger partial charge >= 0.3 is 0 Å². The number of nitrogens with one attached hydrogen (secondary N) is 1. The molecule has 0 amide bonds. The second-order valence-corrected chi connectivity index (χ2v) is 8.75. The number of sulfone groups is 1. The Hall–Kier alpha value is -2.38. The molecule has 1 aromatic heterocycles. The van der Waals surface area contributed by atoms with Crippen LogP contribution in [0, 0.1) is 5.82 Å². The van der Waals surface area contributed by atoms with Crippen molar-refractivity contribution in [3.05, 3.63) is 59.5 Å². The second-order valence-electron chi connectivity index (χ2n) is 6.76. The lowest BCUT2D eigenvalue weighted by Crippen LogP contribution is -2.16. The number of ether oxygens (including phenoxy) is 1. The molecule has 0 aliphatic carbocycles. The first-order chi connectivity index (χ1) is 12.8. The van der Waals surface area contributed by atoms with Crippen molar-refractivity contribution in [3.63, 3.8) is 0 Å². The molecule has 3 rings (SSSR count). The number of nitrogens with zero attached hydrogens (tertiary/aromatic N) is 1. The molecule has 0 fully saturated rings. The topological polar surface area (TPSA) is 62.4 Å². The Kier molecular flexibility index (Phi) is 5.53. The van der Waals surface area contributed by atoms with Gasteiger partial charge in [-0.05, 0) is 68.5 Å². The average molecular weight is 390 g/mol. The number of aromatic amines is 1. The van der Waals surface area contributed by atoms with Crippen LogP contribution in [0.15, 0.2) is 47.4 Å². The van der Waals surface area contributed by atoms with E-state index in [-0.39, 0.29) is 16.5 Å². The zero-order valence-corrected chi connectivity index (χ0v) is 16.4.